The topological polar surface area (TPSA) is 72.1 Å². The van der Waals surface area contributed by atoms with Crippen molar-refractivity contribution in [1.29, 1.82) is 0 Å². The van der Waals surface area contributed by atoms with E-state index >= 15 is 0 Å². The molecule has 0 aliphatic carbocycles. The Bertz CT molecular complexity index is 1860. The Morgan fingerprint density at radius 3 is 2.14 bits per heavy atom. The monoisotopic (exact) mass is 583 g/mol. The van der Waals surface area contributed by atoms with Crippen molar-refractivity contribution in [3.05, 3.63) is 108 Å². The van der Waals surface area contributed by atoms with Crippen LogP contribution in [-0.2, 0) is 9.53 Å². The van der Waals surface area contributed by atoms with Crippen molar-refractivity contribution in [3.63, 3.8) is 0 Å². The fraction of sp³-hybridized carbons (Fsp3) is 0.303. The Hall–Kier alpha value is -4.37. The summed E-state index contributed by atoms with van der Waals surface area (Å²) in [4.78, 5) is 36.6. The summed E-state index contributed by atoms with van der Waals surface area (Å²) in [5.74, 6) is -0.460. The molecule has 4 aromatic rings. The first-order chi connectivity index (χ1) is 20.0. The highest BCUT2D eigenvalue weighted by atomic mass is 32.1. The third-order valence-electron chi connectivity index (χ3n) is 7.62. The molecule has 0 amide bonds. The summed E-state index contributed by atoms with van der Waals surface area (Å²) in [6.45, 7) is 7.95. The summed E-state index contributed by atoms with van der Waals surface area (Å²) >= 11 is 1.34. The van der Waals surface area contributed by atoms with Crippen molar-refractivity contribution >= 4 is 34.8 Å². The number of thiazole rings is 1. The average Bonchev–Trinajstić information content (AvgIpc) is 3.41. The maximum absolute atomic E-state index is 14.1. The van der Waals surface area contributed by atoms with Gasteiger partial charge in [0.25, 0.3) is 5.56 Å². The van der Waals surface area contributed by atoms with Gasteiger partial charge in [-0.05, 0) is 87.4 Å². The highest BCUT2D eigenvalue weighted by molar-refractivity contribution is 7.07. The lowest BCUT2D eigenvalue weighted by atomic mass is 9.95. The summed E-state index contributed by atoms with van der Waals surface area (Å²) in [6, 6.07) is 17.8. The lowest BCUT2D eigenvalue weighted by Gasteiger charge is -2.25. The summed E-state index contributed by atoms with van der Waals surface area (Å²) in [5, 5.41) is 0. The molecule has 5 rings (SSSR count). The van der Waals surface area contributed by atoms with Crippen molar-refractivity contribution in [2.45, 2.75) is 33.7 Å². The fourth-order valence-corrected chi connectivity index (χ4v) is 6.47. The molecule has 1 aliphatic rings. The smallest absolute Gasteiger partial charge is 0.338 e. The standard InChI is InChI=1S/C33H37N5O3S/c1-9-41-32(40)29-21(3)34-33-38(30(29)23-10-12-25(13-11-23)35(5)6)31(39)28(42-33)19-24-18-20(2)37(22(24)4)27-16-14-26(15-17-27)36(7)8/h10-19,30H,9H2,1-8H3/b28-19+/t30-/m1/s1. The number of benzene rings is 2. The molecule has 2 aromatic heterocycles. The molecule has 8 nitrogen and oxygen atoms in total. The average molecular weight is 584 g/mol. The largest absolute Gasteiger partial charge is 0.463 e. The summed E-state index contributed by atoms with van der Waals surface area (Å²) in [7, 11) is 8.00. The Balaban J connectivity index is 1.65. The van der Waals surface area contributed by atoms with Crippen molar-refractivity contribution in [2.24, 2.45) is 4.99 Å². The molecule has 0 fully saturated rings. The van der Waals surface area contributed by atoms with Crippen LogP contribution in [0.25, 0.3) is 11.8 Å². The molecule has 9 heteroatoms. The van der Waals surface area contributed by atoms with E-state index in [1.54, 1.807) is 18.4 Å². The number of nitrogens with zero attached hydrogens (tertiary/aromatic N) is 5. The number of ether oxygens (including phenoxy) is 1. The lowest BCUT2D eigenvalue weighted by Crippen LogP contribution is -2.40. The maximum Gasteiger partial charge on any atom is 0.338 e. The Kier molecular flexibility index (Phi) is 7.97. The van der Waals surface area contributed by atoms with Crippen LogP contribution in [0.2, 0.25) is 0 Å². The van der Waals surface area contributed by atoms with Crippen molar-refractivity contribution in [2.75, 3.05) is 44.6 Å². The van der Waals surface area contributed by atoms with Gasteiger partial charge in [-0.25, -0.2) is 9.79 Å². The molecule has 0 saturated carbocycles. The second-order valence-corrected chi connectivity index (χ2v) is 11.9. The van der Waals surface area contributed by atoms with Crippen molar-refractivity contribution in [3.8, 4) is 5.69 Å². The highest BCUT2D eigenvalue weighted by Crippen LogP contribution is 2.32. The van der Waals surface area contributed by atoms with E-state index in [1.807, 2.05) is 63.4 Å². The molecule has 1 aliphatic heterocycles. The quantitative estimate of drug-likeness (QED) is 0.303. The van der Waals surface area contributed by atoms with E-state index < -0.39 is 12.0 Å². The van der Waals surface area contributed by atoms with Gasteiger partial charge in [0.15, 0.2) is 4.80 Å². The van der Waals surface area contributed by atoms with Gasteiger partial charge in [0.1, 0.15) is 0 Å². The molecular formula is C33H37N5O3S. The normalized spacial score (nSPS) is 15.0. The minimum Gasteiger partial charge on any atom is -0.463 e. The van der Waals surface area contributed by atoms with Crippen LogP contribution in [0.3, 0.4) is 0 Å². The van der Waals surface area contributed by atoms with Gasteiger partial charge in [-0.15, -0.1) is 0 Å². The number of aromatic nitrogens is 2. The van der Waals surface area contributed by atoms with Crippen molar-refractivity contribution < 1.29 is 9.53 Å². The maximum atomic E-state index is 14.1. The predicted molar refractivity (Wildman–Crippen MR) is 171 cm³/mol. The molecular weight excluding hydrogens is 546 g/mol. The summed E-state index contributed by atoms with van der Waals surface area (Å²) in [6.07, 6.45) is 1.94. The first-order valence-corrected chi connectivity index (χ1v) is 14.8. The van der Waals surface area contributed by atoms with Gasteiger partial charge >= 0.3 is 5.97 Å². The zero-order valence-electron chi connectivity index (χ0n) is 25.4. The van der Waals surface area contributed by atoms with Crippen LogP contribution in [0, 0.1) is 13.8 Å². The molecule has 2 aromatic carbocycles. The minimum absolute atomic E-state index is 0.185. The van der Waals surface area contributed by atoms with E-state index in [4.69, 9.17) is 9.73 Å². The molecule has 42 heavy (non-hydrogen) atoms. The Labute approximate surface area is 250 Å². The van der Waals surface area contributed by atoms with Crippen LogP contribution in [0.5, 0.6) is 0 Å². The Morgan fingerprint density at radius 2 is 1.57 bits per heavy atom. The van der Waals surface area contributed by atoms with Crippen molar-refractivity contribution in [1.82, 2.24) is 9.13 Å². The fourth-order valence-electron chi connectivity index (χ4n) is 5.43. The number of anilines is 2. The second-order valence-electron chi connectivity index (χ2n) is 10.9. The number of allylic oxidation sites excluding steroid dienone is 1. The third-order valence-corrected chi connectivity index (χ3v) is 8.61. The van der Waals surface area contributed by atoms with E-state index in [0.29, 0.717) is 20.6 Å². The molecule has 0 radical (unpaired) electrons. The van der Waals surface area contributed by atoms with Gasteiger partial charge < -0.3 is 19.1 Å². The van der Waals surface area contributed by atoms with Gasteiger partial charge in [-0.2, -0.15) is 0 Å². The number of hydrogen-bond acceptors (Lipinski definition) is 7. The molecule has 3 heterocycles. The number of carbonyl (C=O) groups is 1. The van der Waals surface area contributed by atoms with Gasteiger partial charge in [0, 0.05) is 56.6 Å². The van der Waals surface area contributed by atoms with Crippen LogP contribution in [0.1, 0.15) is 42.4 Å². The minimum atomic E-state index is -0.638. The molecule has 0 spiro atoms. The van der Waals surface area contributed by atoms with Crippen LogP contribution in [0.4, 0.5) is 11.4 Å². The number of hydrogen-bond donors (Lipinski definition) is 0. The number of rotatable bonds is 7. The van der Waals surface area contributed by atoms with Crippen LogP contribution in [-0.4, -0.2) is 49.9 Å². The molecule has 1 atom stereocenters. The second kappa shape index (κ2) is 11.5. The van der Waals surface area contributed by atoms with Gasteiger partial charge in [0.2, 0.25) is 0 Å². The summed E-state index contributed by atoms with van der Waals surface area (Å²) in [5.41, 5.74) is 7.87. The molecule has 0 bridgehead atoms. The zero-order chi connectivity index (χ0) is 30.3. The SMILES string of the molecule is CCOC(=O)C1=C(C)N=c2s/c(=C/c3cc(C)n(-c4ccc(N(C)C)cc4)c3C)c(=O)n2[C@@H]1c1ccc(N(C)C)cc1. The van der Waals surface area contributed by atoms with E-state index in [0.717, 1.165) is 39.6 Å². The van der Waals surface area contributed by atoms with E-state index in [2.05, 4.69) is 53.6 Å². The lowest BCUT2D eigenvalue weighted by molar-refractivity contribution is -0.139. The molecule has 0 N–H and O–H groups in total. The first-order valence-electron chi connectivity index (χ1n) is 14.0. The highest BCUT2D eigenvalue weighted by Gasteiger charge is 2.33. The predicted octanol–water partition coefficient (Wildman–Crippen LogP) is 4.34. The van der Waals surface area contributed by atoms with Gasteiger partial charge in [0.05, 0.1) is 28.5 Å². The van der Waals surface area contributed by atoms with E-state index in [9.17, 15) is 9.59 Å². The first kappa shape index (κ1) is 29.1. The Morgan fingerprint density at radius 1 is 0.976 bits per heavy atom. The molecule has 218 valence electrons. The summed E-state index contributed by atoms with van der Waals surface area (Å²) < 4.78 is 9.82. The molecule has 0 saturated heterocycles. The number of fused-ring (bicyclic) bond motifs is 1. The third kappa shape index (κ3) is 5.20. The number of aryl methyl sites for hydroxylation is 1. The van der Waals surface area contributed by atoms with E-state index in [-0.39, 0.29) is 12.2 Å². The zero-order valence-corrected chi connectivity index (χ0v) is 26.2. The van der Waals surface area contributed by atoms with E-state index in [1.165, 1.54) is 11.3 Å². The number of esters is 1. The van der Waals surface area contributed by atoms with Gasteiger partial charge in [-0.3, -0.25) is 9.36 Å². The van der Waals surface area contributed by atoms with Crippen LogP contribution < -0.4 is 24.7 Å². The van der Waals surface area contributed by atoms with Gasteiger partial charge in [-0.1, -0.05) is 23.5 Å². The van der Waals surface area contributed by atoms with Crippen LogP contribution >= 0.6 is 11.3 Å². The molecule has 0 unspecified atom stereocenters. The number of carbonyl (C=O) groups excluding carboxylic acids is 1. The van der Waals surface area contributed by atoms with Crippen LogP contribution in [0.15, 0.2) is 75.7 Å².